The van der Waals surface area contributed by atoms with E-state index in [9.17, 15) is 4.79 Å². The molecule has 0 spiro atoms. The molecular weight excluding hydrogens is 154 g/mol. The van der Waals surface area contributed by atoms with Crippen LogP contribution in [0.2, 0.25) is 0 Å². The highest BCUT2D eigenvalue weighted by atomic mass is 16.1. The number of H-pyrrole nitrogens is 1. The summed E-state index contributed by atoms with van der Waals surface area (Å²) < 4.78 is 0. The van der Waals surface area contributed by atoms with Crippen molar-refractivity contribution in [3.63, 3.8) is 0 Å². The third-order valence-electron chi connectivity index (χ3n) is 1.73. The quantitative estimate of drug-likeness (QED) is 0.662. The van der Waals surface area contributed by atoms with E-state index in [1.165, 1.54) is 6.33 Å². The molecule has 0 aliphatic carbocycles. The van der Waals surface area contributed by atoms with Crippen LogP contribution in [0.15, 0.2) is 11.1 Å². The minimum absolute atomic E-state index is 0.179. The topological polar surface area (TPSA) is 69.5 Å². The third kappa shape index (κ3) is 1.35. The number of aromatic amines is 1. The van der Waals surface area contributed by atoms with Crippen LogP contribution in [-0.4, -0.2) is 9.97 Å². The Balaban J connectivity index is 3.28. The van der Waals surface area contributed by atoms with Gasteiger partial charge in [-0.05, 0) is 13.8 Å². The van der Waals surface area contributed by atoms with Crippen LogP contribution in [0.5, 0.6) is 0 Å². The van der Waals surface area contributed by atoms with Crippen molar-refractivity contribution in [2.45, 2.75) is 19.8 Å². The molecule has 1 rings (SSSR count). The van der Waals surface area contributed by atoms with Crippen LogP contribution >= 0.6 is 0 Å². The van der Waals surface area contributed by atoms with Crippen molar-refractivity contribution >= 4 is 0 Å². The van der Waals surface area contributed by atoms with Gasteiger partial charge in [0.15, 0.2) is 0 Å². The van der Waals surface area contributed by atoms with Crippen LogP contribution in [0.4, 0.5) is 0 Å². The second-order valence-electron chi connectivity index (χ2n) is 2.59. The van der Waals surface area contributed by atoms with Crippen LogP contribution in [-0.2, 0) is 0 Å². The lowest BCUT2D eigenvalue weighted by molar-refractivity contribution is 0.872. The number of nitrogens with one attached hydrogen (secondary N) is 1. The van der Waals surface area contributed by atoms with E-state index in [1.807, 2.05) is 6.07 Å². The van der Waals surface area contributed by atoms with E-state index in [1.54, 1.807) is 13.8 Å². The lowest BCUT2D eigenvalue weighted by atomic mass is 10.1. The highest BCUT2D eigenvalue weighted by molar-refractivity contribution is 5.22. The summed E-state index contributed by atoms with van der Waals surface area (Å²) in [4.78, 5) is 17.4. The Bertz CT molecular complexity index is 375. The molecule has 4 nitrogen and oxygen atoms in total. The zero-order valence-corrected chi connectivity index (χ0v) is 6.96. The SMILES string of the molecule is Cc1c(C(C)C#N)nc[nH]c1=O. The van der Waals surface area contributed by atoms with Gasteiger partial charge in [-0.15, -0.1) is 0 Å². The Labute approximate surface area is 69.9 Å². The van der Waals surface area contributed by atoms with E-state index >= 15 is 0 Å². The molecule has 0 saturated heterocycles. The third-order valence-corrected chi connectivity index (χ3v) is 1.73. The smallest absolute Gasteiger partial charge is 0.253 e. The maximum absolute atomic E-state index is 11.1. The number of rotatable bonds is 1. The predicted molar refractivity (Wildman–Crippen MR) is 43.6 cm³/mol. The number of hydrogen-bond donors (Lipinski definition) is 1. The first kappa shape index (κ1) is 8.47. The van der Waals surface area contributed by atoms with Gasteiger partial charge in [0.25, 0.3) is 5.56 Å². The molecule has 1 N–H and O–H groups in total. The molecule has 1 atom stereocenters. The van der Waals surface area contributed by atoms with Gasteiger partial charge in [0.1, 0.15) is 0 Å². The van der Waals surface area contributed by atoms with Gasteiger partial charge >= 0.3 is 0 Å². The van der Waals surface area contributed by atoms with Crippen molar-refractivity contribution < 1.29 is 0 Å². The van der Waals surface area contributed by atoms with Crippen molar-refractivity contribution in [2.75, 3.05) is 0 Å². The van der Waals surface area contributed by atoms with Crippen molar-refractivity contribution in [1.29, 1.82) is 5.26 Å². The molecule has 0 radical (unpaired) electrons. The van der Waals surface area contributed by atoms with Gasteiger partial charge < -0.3 is 4.98 Å². The lowest BCUT2D eigenvalue weighted by Crippen LogP contribution is -2.14. The first-order valence-corrected chi connectivity index (χ1v) is 3.60. The van der Waals surface area contributed by atoms with Crippen LogP contribution < -0.4 is 5.56 Å². The van der Waals surface area contributed by atoms with Crippen LogP contribution in [0.3, 0.4) is 0 Å². The van der Waals surface area contributed by atoms with E-state index in [0.29, 0.717) is 11.3 Å². The van der Waals surface area contributed by atoms with Gasteiger partial charge in [0.05, 0.1) is 24.0 Å². The Morgan fingerprint density at radius 1 is 1.75 bits per heavy atom. The molecule has 1 unspecified atom stereocenters. The lowest BCUT2D eigenvalue weighted by Gasteiger charge is -2.02. The fourth-order valence-electron chi connectivity index (χ4n) is 0.980. The molecule has 0 bridgehead atoms. The van der Waals surface area contributed by atoms with Crippen LogP contribution in [0.25, 0.3) is 0 Å². The van der Waals surface area contributed by atoms with Crippen molar-refractivity contribution in [3.8, 4) is 6.07 Å². The normalized spacial score (nSPS) is 12.1. The molecule has 12 heavy (non-hydrogen) atoms. The first-order chi connectivity index (χ1) is 5.66. The summed E-state index contributed by atoms with van der Waals surface area (Å²) in [7, 11) is 0. The summed E-state index contributed by atoms with van der Waals surface area (Å²) in [5.74, 6) is -0.327. The summed E-state index contributed by atoms with van der Waals surface area (Å²) in [6.07, 6.45) is 1.32. The molecule has 0 fully saturated rings. The number of aromatic nitrogens is 2. The molecule has 1 heterocycles. The minimum atomic E-state index is -0.327. The number of nitriles is 1. The predicted octanol–water partition coefficient (Wildman–Crippen LogP) is 0.705. The minimum Gasteiger partial charge on any atom is -0.313 e. The summed E-state index contributed by atoms with van der Waals surface area (Å²) in [5.41, 5.74) is 0.898. The monoisotopic (exact) mass is 163 g/mol. The fourth-order valence-corrected chi connectivity index (χ4v) is 0.980. The maximum atomic E-state index is 11.1. The molecule has 0 saturated carbocycles. The Hall–Kier alpha value is -1.63. The second kappa shape index (κ2) is 3.18. The molecule has 4 heteroatoms. The fraction of sp³-hybridized carbons (Fsp3) is 0.375. The Morgan fingerprint density at radius 3 is 3.00 bits per heavy atom. The van der Waals surface area contributed by atoms with E-state index in [2.05, 4.69) is 9.97 Å². The molecule has 0 aliphatic rings. The molecule has 0 aromatic carbocycles. The molecule has 0 aliphatic heterocycles. The Kier molecular flexibility index (Phi) is 2.24. The van der Waals surface area contributed by atoms with E-state index in [0.717, 1.165) is 0 Å². The van der Waals surface area contributed by atoms with Crippen molar-refractivity contribution in [1.82, 2.24) is 9.97 Å². The number of nitrogens with zero attached hydrogens (tertiary/aromatic N) is 2. The van der Waals surface area contributed by atoms with Gasteiger partial charge in [-0.2, -0.15) is 5.26 Å². The average Bonchev–Trinajstić information content (AvgIpc) is 2.08. The van der Waals surface area contributed by atoms with E-state index in [4.69, 9.17) is 5.26 Å². The number of hydrogen-bond acceptors (Lipinski definition) is 3. The highest BCUT2D eigenvalue weighted by Gasteiger charge is 2.10. The standard InChI is InChI=1S/C8H9N3O/c1-5(3-9)7-6(2)8(12)11-4-10-7/h4-5H,1-2H3,(H,10,11,12). The van der Waals surface area contributed by atoms with Crippen LogP contribution in [0, 0.1) is 18.3 Å². The molecule has 62 valence electrons. The van der Waals surface area contributed by atoms with Crippen molar-refractivity contribution in [2.24, 2.45) is 0 Å². The first-order valence-electron chi connectivity index (χ1n) is 3.60. The van der Waals surface area contributed by atoms with Crippen LogP contribution in [0.1, 0.15) is 24.1 Å². The van der Waals surface area contributed by atoms with E-state index in [-0.39, 0.29) is 11.5 Å². The van der Waals surface area contributed by atoms with Gasteiger partial charge in [-0.25, -0.2) is 4.98 Å². The molecule has 1 aromatic heterocycles. The molecule has 0 amide bonds. The summed E-state index contributed by atoms with van der Waals surface area (Å²) in [5, 5.41) is 8.60. The average molecular weight is 163 g/mol. The van der Waals surface area contributed by atoms with Gasteiger partial charge in [0.2, 0.25) is 0 Å². The summed E-state index contributed by atoms with van der Waals surface area (Å²) >= 11 is 0. The van der Waals surface area contributed by atoms with Gasteiger partial charge in [0, 0.05) is 5.56 Å². The zero-order chi connectivity index (χ0) is 9.14. The molecule has 1 aromatic rings. The van der Waals surface area contributed by atoms with Gasteiger partial charge in [-0.3, -0.25) is 4.79 Å². The highest BCUT2D eigenvalue weighted by Crippen LogP contribution is 2.11. The van der Waals surface area contributed by atoms with Crippen molar-refractivity contribution in [3.05, 3.63) is 27.9 Å². The largest absolute Gasteiger partial charge is 0.313 e. The maximum Gasteiger partial charge on any atom is 0.253 e. The summed E-state index contributed by atoms with van der Waals surface area (Å²) in [6, 6.07) is 2.03. The summed E-state index contributed by atoms with van der Waals surface area (Å²) in [6.45, 7) is 3.38. The van der Waals surface area contributed by atoms with Gasteiger partial charge in [-0.1, -0.05) is 0 Å². The Morgan fingerprint density at radius 2 is 2.42 bits per heavy atom. The second-order valence-corrected chi connectivity index (χ2v) is 2.59. The zero-order valence-electron chi connectivity index (χ0n) is 6.96. The molecular formula is C8H9N3O. The van der Waals surface area contributed by atoms with E-state index < -0.39 is 0 Å².